The summed E-state index contributed by atoms with van der Waals surface area (Å²) in [6, 6.07) is 3.54. The number of ether oxygens (including phenoxy) is 1. The summed E-state index contributed by atoms with van der Waals surface area (Å²) in [5, 5.41) is 7.16. The molecule has 1 unspecified atom stereocenters. The fourth-order valence-corrected chi connectivity index (χ4v) is 2.67. The van der Waals surface area contributed by atoms with Gasteiger partial charge in [0.1, 0.15) is 11.9 Å². The summed E-state index contributed by atoms with van der Waals surface area (Å²) in [6.45, 7) is 5.55. The Morgan fingerprint density at radius 3 is 2.92 bits per heavy atom. The van der Waals surface area contributed by atoms with E-state index < -0.39 is 0 Å². The second kappa shape index (κ2) is 7.18. The van der Waals surface area contributed by atoms with Crippen LogP contribution in [-0.2, 0) is 4.74 Å². The number of carbonyl (C=O) groups is 1. The molecule has 1 aliphatic heterocycles. The zero-order chi connectivity index (χ0) is 18.0. The van der Waals surface area contributed by atoms with Crippen LogP contribution in [0.15, 0.2) is 18.3 Å². The first-order valence-electron chi connectivity index (χ1n) is 8.42. The minimum atomic E-state index is -0.284. The lowest BCUT2D eigenvalue weighted by atomic mass is 10.2. The highest BCUT2D eigenvalue weighted by atomic mass is 16.5. The van der Waals surface area contributed by atoms with Crippen molar-refractivity contribution in [2.45, 2.75) is 25.9 Å². The summed E-state index contributed by atoms with van der Waals surface area (Å²) >= 11 is 0. The van der Waals surface area contributed by atoms with Crippen molar-refractivity contribution in [3.8, 4) is 0 Å². The Balaban J connectivity index is 1.74. The maximum Gasteiger partial charge on any atom is 0.254 e. The number of nitrogens with zero attached hydrogens (tertiary/aromatic N) is 5. The highest BCUT2D eigenvalue weighted by molar-refractivity contribution is 5.95. The molecule has 1 amide bonds. The number of aromatic nitrogens is 4. The topological polar surface area (TPSA) is 87.2 Å². The fraction of sp³-hybridized carbons (Fsp3) is 0.529. The van der Waals surface area contributed by atoms with Gasteiger partial charge >= 0.3 is 0 Å². The number of H-pyrrole nitrogens is 1. The Kier molecular flexibility index (Phi) is 4.98. The summed E-state index contributed by atoms with van der Waals surface area (Å²) in [7, 11) is 3.80. The molecule has 2 aromatic rings. The van der Waals surface area contributed by atoms with Crippen molar-refractivity contribution in [1.29, 1.82) is 0 Å². The second-order valence-corrected chi connectivity index (χ2v) is 6.64. The number of aromatic amines is 1. The molecular formula is C17H24N6O2. The van der Waals surface area contributed by atoms with E-state index in [1.165, 1.54) is 0 Å². The Hall–Kier alpha value is -2.48. The monoisotopic (exact) mass is 344 g/mol. The SMILES string of the molecule is CC(C)c1n[nH]c(C2CN(C(=O)c3ccnc(N(C)C)c3)CCO2)n1. The minimum absolute atomic E-state index is 0.0256. The molecule has 1 fully saturated rings. The van der Waals surface area contributed by atoms with Gasteiger partial charge in [-0.25, -0.2) is 9.97 Å². The van der Waals surface area contributed by atoms with Gasteiger partial charge in [-0.2, -0.15) is 5.10 Å². The van der Waals surface area contributed by atoms with Crippen LogP contribution in [0.4, 0.5) is 5.82 Å². The molecule has 8 nitrogen and oxygen atoms in total. The van der Waals surface area contributed by atoms with E-state index in [1.807, 2.05) is 32.8 Å². The van der Waals surface area contributed by atoms with E-state index in [0.717, 1.165) is 11.6 Å². The molecular weight excluding hydrogens is 320 g/mol. The zero-order valence-corrected chi connectivity index (χ0v) is 15.1. The average Bonchev–Trinajstić information content (AvgIpc) is 3.12. The van der Waals surface area contributed by atoms with Gasteiger partial charge in [-0.05, 0) is 12.1 Å². The number of hydrogen-bond donors (Lipinski definition) is 1. The van der Waals surface area contributed by atoms with Crippen LogP contribution < -0.4 is 4.90 Å². The Bertz CT molecular complexity index is 742. The van der Waals surface area contributed by atoms with E-state index in [1.54, 1.807) is 23.2 Å². The molecule has 3 heterocycles. The van der Waals surface area contributed by atoms with Gasteiger partial charge in [-0.15, -0.1) is 0 Å². The second-order valence-electron chi connectivity index (χ2n) is 6.64. The molecule has 2 aromatic heterocycles. The van der Waals surface area contributed by atoms with E-state index in [-0.39, 0.29) is 17.9 Å². The molecule has 0 aliphatic carbocycles. The van der Waals surface area contributed by atoms with Crippen LogP contribution in [0.3, 0.4) is 0 Å². The number of carbonyl (C=O) groups excluding carboxylic acids is 1. The number of hydrogen-bond acceptors (Lipinski definition) is 6. The number of morpholine rings is 1. The molecule has 134 valence electrons. The van der Waals surface area contributed by atoms with Crippen molar-refractivity contribution in [3.05, 3.63) is 35.5 Å². The van der Waals surface area contributed by atoms with Crippen molar-refractivity contribution in [1.82, 2.24) is 25.1 Å². The predicted molar refractivity (Wildman–Crippen MR) is 93.6 cm³/mol. The fourth-order valence-electron chi connectivity index (χ4n) is 2.67. The van der Waals surface area contributed by atoms with E-state index in [2.05, 4.69) is 20.2 Å². The number of rotatable bonds is 4. The first-order valence-corrected chi connectivity index (χ1v) is 8.42. The lowest BCUT2D eigenvalue weighted by Gasteiger charge is -2.32. The molecule has 25 heavy (non-hydrogen) atoms. The summed E-state index contributed by atoms with van der Waals surface area (Å²) in [4.78, 5) is 25.3. The van der Waals surface area contributed by atoms with E-state index in [9.17, 15) is 4.79 Å². The normalized spacial score (nSPS) is 17.8. The van der Waals surface area contributed by atoms with Crippen molar-refractivity contribution in [3.63, 3.8) is 0 Å². The first kappa shape index (κ1) is 17.3. The Labute approximate surface area is 147 Å². The molecule has 0 saturated carbocycles. The Morgan fingerprint density at radius 1 is 1.44 bits per heavy atom. The van der Waals surface area contributed by atoms with Gasteiger partial charge in [0.25, 0.3) is 5.91 Å². The molecule has 0 bridgehead atoms. The van der Waals surface area contributed by atoms with Crippen LogP contribution >= 0.6 is 0 Å². The number of nitrogens with one attached hydrogen (secondary N) is 1. The molecule has 3 rings (SSSR count). The molecule has 0 aromatic carbocycles. The van der Waals surface area contributed by atoms with Crippen LogP contribution in [0.2, 0.25) is 0 Å². The van der Waals surface area contributed by atoms with Gasteiger partial charge in [0, 0.05) is 38.3 Å². The molecule has 8 heteroatoms. The van der Waals surface area contributed by atoms with Gasteiger partial charge in [-0.1, -0.05) is 13.8 Å². The largest absolute Gasteiger partial charge is 0.367 e. The lowest BCUT2D eigenvalue weighted by molar-refractivity contribution is -0.0266. The maximum absolute atomic E-state index is 12.8. The lowest BCUT2D eigenvalue weighted by Crippen LogP contribution is -2.42. The van der Waals surface area contributed by atoms with Crippen LogP contribution in [0.5, 0.6) is 0 Å². The smallest absolute Gasteiger partial charge is 0.254 e. The molecule has 1 atom stereocenters. The molecule has 0 radical (unpaired) electrons. The summed E-state index contributed by atoms with van der Waals surface area (Å²) in [5.74, 6) is 2.40. The van der Waals surface area contributed by atoms with E-state index in [0.29, 0.717) is 31.1 Å². The van der Waals surface area contributed by atoms with Crippen LogP contribution in [-0.4, -0.2) is 64.8 Å². The van der Waals surface area contributed by atoms with Gasteiger partial charge in [0.15, 0.2) is 11.6 Å². The predicted octanol–water partition coefficient (Wildman–Crippen LogP) is 1.60. The Morgan fingerprint density at radius 2 is 2.24 bits per heavy atom. The number of amides is 1. The van der Waals surface area contributed by atoms with Crippen LogP contribution in [0.1, 0.15) is 47.9 Å². The third kappa shape index (κ3) is 3.79. The van der Waals surface area contributed by atoms with Crippen LogP contribution in [0, 0.1) is 0 Å². The van der Waals surface area contributed by atoms with Crippen molar-refractivity contribution in [2.75, 3.05) is 38.7 Å². The minimum Gasteiger partial charge on any atom is -0.367 e. The average molecular weight is 344 g/mol. The molecule has 1 saturated heterocycles. The van der Waals surface area contributed by atoms with E-state index >= 15 is 0 Å². The molecule has 0 spiro atoms. The highest BCUT2D eigenvalue weighted by Gasteiger charge is 2.28. The number of anilines is 1. The van der Waals surface area contributed by atoms with Gasteiger partial charge in [0.2, 0.25) is 0 Å². The maximum atomic E-state index is 12.8. The first-order chi connectivity index (χ1) is 12.0. The summed E-state index contributed by atoms with van der Waals surface area (Å²) in [6.07, 6.45) is 1.37. The molecule has 1 N–H and O–H groups in total. The van der Waals surface area contributed by atoms with E-state index in [4.69, 9.17) is 4.74 Å². The molecule has 1 aliphatic rings. The van der Waals surface area contributed by atoms with Gasteiger partial charge in [-0.3, -0.25) is 9.89 Å². The zero-order valence-electron chi connectivity index (χ0n) is 15.1. The van der Waals surface area contributed by atoms with Crippen molar-refractivity contribution in [2.24, 2.45) is 0 Å². The quantitative estimate of drug-likeness (QED) is 0.906. The number of pyridine rings is 1. The van der Waals surface area contributed by atoms with Gasteiger partial charge in [0.05, 0.1) is 13.2 Å². The summed E-state index contributed by atoms with van der Waals surface area (Å²) in [5.41, 5.74) is 0.625. The highest BCUT2D eigenvalue weighted by Crippen LogP contribution is 2.22. The third-order valence-corrected chi connectivity index (χ3v) is 4.15. The standard InChI is InChI=1S/C17H24N6O2/c1-11(2)15-19-16(21-20-15)13-10-23(7-8-25-13)17(24)12-5-6-18-14(9-12)22(3)4/h5-6,9,11,13H,7-8,10H2,1-4H3,(H,19,20,21). The summed E-state index contributed by atoms with van der Waals surface area (Å²) < 4.78 is 5.79. The third-order valence-electron chi connectivity index (χ3n) is 4.15. The van der Waals surface area contributed by atoms with Gasteiger partial charge < -0.3 is 14.5 Å². The van der Waals surface area contributed by atoms with Crippen LogP contribution in [0.25, 0.3) is 0 Å². The van der Waals surface area contributed by atoms with Crippen molar-refractivity contribution >= 4 is 11.7 Å². The van der Waals surface area contributed by atoms with Crippen molar-refractivity contribution < 1.29 is 9.53 Å².